The lowest BCUT2D eigenvalue weighted by Crippen LogP contribution is -2.08. The van der Waals surface area contributed by atoms with E-state index < -0.39 is 9.84 Å². The van der Waals surface area contributed by atoms with Crippen LogP contribution in [0.1, 0.15) is 0 Å². The molecule has 5 heteroatoms. The number of rotatable bonds is 0. The summed E-state index contributed by atoms with van der Waals surface area (Å²) in [5.41, 5.74) is 0. The second-order valence-electron chi connectivity index (χ2n) is 3.64. The fourth-order valence-corrected chi connectivity index (χ4v) is 5.50. The molecule has 0 aromatic heterocycles. The van der Waals surface area contributed by atoms with Gasteiger partial charge in [0, 0.05) is 14.3 Å². The van der Waals surface area contributed by atoms with E-state index in [-0.39, 0.29) is 0 Å². The van der Waals surface area contributed by atoms with Gasteiger partial charge in [-0.25, -0.2) is 8.42 Å². The summed E-state index contributed by atoms with van der Waals surface area (Å²) in [6.07, 6.45) is 0. The van der Waals surface area contributed by atoms with Gasteiger partial charge in [-0.2, -0.15) is 0 Å². The molecule has 0 unspecified atom stereocenters. The summed E-state index contributed by atoms with van der Waals surface area (Å²) >= 11 is 4.85. The zero-order valence-corrected chi connectivity index (χ0v) is 11.8. The Morgan fingerprint density at radius 3 is 2.47 bits per heavy atom. The molecule has 17 heavy (non-hydrogen) atoms. The topological polar surface area (TPSA) is 34.1 Å². The Hall–Kier alpha value is -0.780. The van der Waals surface area contributed by atoms with Gasteiger partial charge in [0.15, 0.2) is 0 Å². The minimum Gasteiger partial charge on any atom is -0.218 e. The lowest BCUT2D eigenvalue weighted by atomic mass is 10.3. The van der Waals surface area contributed by atoms with Crippen molar-refractivity contribution in [2.24, 2.45) is 0 Å². The highest BCUT2D eigenvalue weighted by Crippen LogP contribution is 2.44. The van der Waals surface area contributed by atoms with Gasteiger partial charge in [0.25, 0.3) is 0 Å². The van der Waals surface area contributed by atoms with E-state index in [0.29, 0.717) is 9.79 Å². The Balaban J connectivity index is 2.35. The van der Waals surface area contributed by atoms with Crippen molar-refractivity contribution < 1.29 is 8.42 Å². The first-order valence-corrected chi connectivity index (χ1v) is 8.00. The van der Waals surface area contributed by atoms with Gasteiger partial charge < -0.3 is 0 Å². The molecule has 2 aromatic carbocycles. The number of hydrogen-bond donors (Lipinski definition) is 0. The summed E-state index contributed by atoms with van der Waals surface area (Å²) in [7, 11) is -3.36. The first kappa shape index (κ1) is 11.3. The molecule has 1 aliphatic rings. The van der Waals surface area contributed by atoms with E-state index in [0.717, 1.165) is 14.3 Å². The van der Waals surface area contributed by atoms with E-state index >= 15 is 0 Å². The summed E-state index contributed by atoms with van der Waals surface area (Å²) in [5, 5.41) is 0. The molecule has 1 aliphatic heterocycles. The van der Waals surface area contributed by atoms with E-state index in [1.54, 1.807) is 24.3 Å². The average Bonchev–Trinajstić information content (AvgIpc) is 2.28. The lowest BCUT2D eigenvalue weighted by molar-refractivity contribution is 0.591. The van der Waals surface area contributed by atoms with Crippen LogP contribution in [-0.4, -0.2) is 8.42 Å². The molecular formula is C12H7BrO2S2. The predicted octanol–water partition coefficient (Wildman–Crippen LogP) is 3.75. The molecule has 0 aliphatic carbocycles. The van der Waals surface area contributed by atoms with Gasteiger partial charge in [-0.1, -0.05) is 39.8 Å². The normalized spacial score (nSPS) is 16.1. The first-order chi connectivity index (χ1) is 8.09. The Kier molecular flexibility index (Phi) is 2.57. The first-order valence-electron chi connectivity index (χ1n) is 4.90. The molecule has 2 aromatic rings. The molecular weight excluding hydrogens is 320 g/mol. The summed E-state index contributed by atoms with van der Waals surface area (Å²) in [6.45, 7) is 0. The summed E-state index contributed by atoms with van der Waals surface area (Å²) < 4.78 is 25.6. The number of fused-ring (bicyclic) bond motifs is 2. The van der Waals surface area contributed by atoms with E-state index in [1.807, 2.05) is 18.2 Å². The van der Waals surface area contributed by atoms with Crippen molar-refractivity contribution in [1.82, 2.24) is 0 Å². The second-order valence-corrected chi connectivity index (χ2v) is 7.53. The van der Waals surface area contributed by atoms with Crippen LogP contribution in [0.4, 0.5) is 0 Å². The second kappa shape index (κ2) is 3.86. The van der Waals surface area contributed by atoms with E-state index in [9.17, 15) is 8.42 Å². The van der Waals surface area contributed by atoms with E-state index in [1.165, 1.54) is 11.8 Å². The van der Waals surface area contributed by atoms with Crippen LogP contribution in [0.25, 0.3) is 0 Å². The molecule has 86 valence electrons. The summed E-state index contributed by atoms with van der Waals surface area (Å²) in [6, 6.07) is 12.3. The standard InChI is InChI=1S/C12H7BrO2S2/c13-8-5-6-12-10(7-8)16-9-3-1-2-4-11(9)17(12,14)15/h1-7H. The third-order valence-corrected chi connectivity index (χ3v) is 6.31. The van der Waals surface area contributed by atoms with E-state index in [2.05, 4.69) is 15.9 Å². The third kappa shape index (κ3) is 1.73. The van der Waals surface area contributed by atoms with Crippen LogP contribution in [0.5, 0.6) is 0 Å². The molecule has 0 saturated carbocycles. The fraction of sp³-hybridized carbons (Fsp3) is 0. The van der Waals surface area contributed by atoms with Crippen molar-refractivity contribution in [1.29, 1.82) is 0 Å². The highest BCUT2D eigenvalue weighted by molar-refractivity contribution is 9.10. The Bertz CT molecular complexity index is 708. The lowest BCUT2D eigenvalue weighted by Gasteiger charge is -2.18. The number of halogens is 1. The van der Waals surface area contributed by atoms with Gasteiger partial charge in [0.05, 0.1) is 9.79 Å². The maximum Gasteiger partial charge on any atom is 0.208 e. The Labute approximate surface area is 112 Å². The van der Waals surface area contributed by atoms with Crippen LogP contribution >= 0.6 is 27.7 Å². The van der Waals surface area contributed by atoms with Crippen LogP contribution in [0.2, 0.25) is 0 Å². The van der Waals surface area contributed by atoms with Gasteiger partial charge in [-0.15, -0.1) is 0 Å². The molecule has 2 nitrogen and oxygen atoms in total. The third-order valence-electron chi connectivity index (χ3n) is 2.55. The molecule has 0 spiro atoms. The molecule has 3 rings (SSSR count). The van der Waals surface area contributed by atoms with Crippen molar-refractivity contribution in [3.63, 3.8) is 0 Å². The maximum absolute atomic E-state index is 12.4. The average molecular weight is 327 g/mol. The fourth-order valence-electron chi connectivity index (χ4n) is 1.78. The van der Waals surface area contributed by atoms with Gasteiger partial charge >= 0.3 is 0 Å². The molecule has 0 radical (unpaired) electrons. The minimum atomic E-state index is -3.36. The number of sulfone groups is 1. The SMILES string of the molecule is O=S1(=O)c2ccccc2Sc2cc(Br)ccc21. The van der Waals surface area contributed by atoms with Crippen LogP contribution in [-0.2, 0) is 9.84 Å². The van der Waals surface area contributed by atoms with Crippen molar-refractivity contribution >= 4 is 37.5 Å². The van der Waals surface area contributed by atoms with Crippen molar-refractivity contribution in [3.8, 4) is 0 Å². The van der Waals surface area contributed by atoms with E-state index in [4.69, 9.17) is 0 Å². The molecule has 0 saturated heterocycles. The zero-order valence-electron chi connectivity index (χ0n) is 8.55. The quantitative estimate of drug-likeness (QED) is 0.631. The van der Waals surface area contributed by atoms with Crippen LogP contribution in [0.15, 0.2) is 66.5 Å². The molecule has 0 bridgehead atoms. The minimum absolute atomic E-state index is 0.393. The van der Waals surface area contributed by atoms with Crippen LogP contribution in [0.3, 0.4) is 0 Å². The number of hydrogen-bond acceptors (Lipinski definition) is 3. The Morgan fingerprint density at radius 2 is 1.65 bits per heavy atom. The Morgan fingerprint density at radius 1 is 0.941 bits per heavy atom. The zero-order chi connectivity index (χ0) is 12.0. The van der Waals surface area contributed by atoms with Crippen molar-refractivity contribution in [2.75, 3.05) is 0 Å². The maximum atomic E-state index is 12.4. The highest BCUT2D eigenvalue weighted by atomic mass is 79.9. The molecule has 0 atom stereocenters. The van der Waals surface area contributed by atoms with Gasteiger partial charge in [0.1, 0.15) is 0 Å². The highest BCUT2D eigenvalue weighted by Gasteiger charge is 2.29. The van der Waals surface area contributed by atoms with Crippen LogP contribution in [0, 0.1) is 0 Å². The predicted molar refractivity (Wildman–Crippen MR) is 70.2 cm³/mol. The molecule has 0 N–H and O–H groups in total. The molecule has 0 amide bonds. The van der Waals surface area contributed by atoms with Gasteiger partial charge in [-0.3, -0.25) is 0 Å². The smallest absolute Gasteiger partial charge is 0.208 e. The monoisotopic (exact) mass is 326 g/mol. The number of benzene rings is 2. The summed E-state index contributed by atoms with van der Waals surface area (Å²) in [5.74, 6) is 0. The van der Waals surface area contributed by atoms with Crippen LogP contribution < -0.4 is 0 Å². The van der Waals surface area contributed by atoms with Gasteiger partial charge in [0.2, 0.25) is 9.84 Å². The summed E-state index contributed by atoms with van der Waals surface area (Å²) in [4.78, 5) is 2.36. The van der Waals surface area contributed by atoms with Gasteiger partial charge in [-0.05, 0) is 30.3 Å². The van der Waals surface area contributed by atoms with Crippen molar-refractivity contribution in [2.45, 2.75) is 19.6 Å². The molecule has 1 heterocycles. The largest absolute Gasteiger partial charge is 0.218 e. The van der Waals surface area contributed by atoms with Crippen molar-refractivity contribution in [3.05, 3.63) is 46.9 Å². The molecule has 0 fully saturated rings.